The van der Waals surface area contributed by atoms with Gasteiger partial charge in [-0.05, 0) is 62.8 Å². The fourth-order valence-electron chi connectivity index (χ4n) is 4.28. The van der Waals surface area contributed by atoms with E-state index in [-0.39, 0.29) is 28.6 Å². The Morgan fingerprint density at radius 3 is 2.67 bits per heavy atom. The molecule has 0 unspecified atom stereocenters. The summed E-state index contributed by atoms with van der Waals surface area (Å²) in [5.41, 5.74) is 0.489. The molecule has 0 bridgehead atoms. The Balaban J connectivity index is 1.45. The summed E-state index contributed by atoms with van der Waals surface area (Å²) in [6, 6.07) is 10.7. The number of H-pyrrole nitrogens is 1. The van der Waals surface area contributed by atoms with Gasteiger partial charge in [-0.3, -0.25) is 14.5 Å². The first-order valence-electron chi connectivity index (χ1n) is 11.0. The highest BCUT2D eigenvalue weighted by atomic mass is 32.1. The molecule has 0 radical (unpaired) electrons. The van der Waals surface area contributed by atoms with Gasteiger partial charge in [0.15, 0.2) is 4.77 Å². The maximum Gasteiger partial charge on any atom is 0.266 e. The van der Waals surface area contributed by atoms with Crippen LogP contribution in [0.1, 0.15) is 30.6 Å². The van der Waals surface area contributed by atoms with Crippen molar-refractivity contribution in [1.29, 1.82) is 0 Å². The Morgan fingerprint density at radius 1 is 1.21 bits per heavy atom. The van der Waals surface area contributed by atoms with Crippen LogP contribution in [0.15, 0.2) is 47.3 Å². The molecular weight excluding hydrogens is 443 g/mol. The number of hydrogen-bond donors (Lipinski definition) is 2. The number of aromatic amines is 1. The number of carbonyl (C=O) groups excluding carboxylic acids is 1. The number of amides is 1. The summed E-state index contributed by atoms with van der Waals surface area (Å²) >= 11 is 5.31. The Bertz CT molecular complexity index is 1280. The van der Waals surface area contributed by atoms with Crippen LogP contribution >= 0.6 is 12.2 Å². The van der Waals surface area contributed by atoms with Gasteiger partial charge in [0.1, 0.15) is 5.82 Å². The number of carbonyl (C=O) groups is 1. The number of benzene rings is 2. The summed E-state index contributed by atoms with van der Waals surface area (Å²) < 4.78 is 21.2. The van der Waals surface area contributed by atoms with Gasteiger partial charge < -0.3 is 15.0 Å². The van der Waals surface area contributed by atoms with Crippen LogP contribution in [0.4, 0.5) is 4.39 Å². The minimum atomic E-state index is -0.546. The van der Waals surface area contributed by atoms with E-state index in [1.807, 2.05) is 0 Å². The topological polar surface area (TPSA) is 79.4 Å². The van der Waals surface area contributed by atoms with Crippen molar-refractivity contribution in [3.8, 4) is 5.69 Å². The zero-order chi connectivity index (χ0) is 23.5. The molecule has 0 spiro atoms. The SMILES string of the molecule is C[C@@H]1CN(CCCNC(=O)c2ccc3c(=O)n(-c4ccccc4F)c(=S)[nH]c3c2)C[C@H](C)O1. The van der Waals surface area contributed by atoms with Crippen molar-refractivity contribution in [2.45, 2.75) is 32.5 Å². The number of rotatable bonds is 6. The van der Waals surface area contributed by atoms with Crippen molar-refractivity contribution >= 4 is 29.0 Å². The number of hydrogen-bond acceptors (Lipinski definition) is 5. The minimum Gasteiger partial charge on any atom is -0.373 e. The van der Waals surface area contributed by atoms with Gasteiger partial charge in [0.2, 0.25) is 0 Å². The second-order valence-corrected chi connectivity index (χ2v) is 8.80. The molecule has 1 aliphatic heterocycles. The molecule has 9 heteroatoms. The fourth-order valence-corrected chi connectivity index (χ4v) is 4.58. The van der Waals surface area contributed by atoms with Crippen LogP contribution in [0.2, 0.25) is 0 Å². The largest absolute Gasteiger partial charge is 0.373 e. The molecule has 0 aliphatic carbocycles. The Kier molecular flexibility index (Phi) is 7.02. The molecular formula is C24H27FN4O3S. The van der Waals surface area contributed by atoms with Gasteiger partial charge >= 0.3 is 0 Å². The number of halogens is 1. The first kappa shape index (κ1) is 23.3. The molecule has 1 fully saturated rings. The van der Waals surface area contributed by atoms with Crippen LogP contribution in [0.25, 0.3) is 16.6 Å². The van der Waals surface area contributed by atoms with Gasteiger partial charge in [-0.15, -0.1) is 0 Å². The molecule has 1 aliphatic rings. The standard InChI is InChI=1S/C24H27FN4O3S/c1-15-13-28(14-16(2)32-15)11-5-10-26-22(30)17-8-9-18-20(12-17)27-24(33)29(23(18)31)21-7-4-3-6-19(21)25/h3-4,6-9,12,15-16H,5,10-11,13-14H2,1-2H3,(H,26,30)(H,27,33)/t15-,16+. The predicted octanol–water partition coefficient (Wildman–Crippen LogP) is 3.42. The van der Waals surface area contributed by atoms with Crippen LogP contribution in [-0.2, 0) is 4.74 Å². The van der Waals surface area contributed by atoms with Gasteiger partial charge in [0.25, 0.3) is 11.5 Å². The number of morpholine rings is 1. The average Bonchev–Trinajstić information content (AvgIpc) is 2.77. The number of para-hydroxylation sites is 1. The highest BCUT2D eigenvalue weighted by molar-refractivity contribution is 7.71. The van der Waals surface area contributed by atoms with Crippen LogP contribution in [0.5, 0.6) is 0 Å². The van der Waals surface area contributed by atoms with Crippen molar-refractivity contribution < 1.29 is 13.9 Å². The van der Waals surface area contributed by atoms with E-state index >= 15 is 0 Å². The highest BCUT2D eigenvalue weighted by Gasteiger charge is 2.21. The molecule has 2 N–H and O–H groups in total. The van der Waals surface area contributed by atoms with E-state index in [0.29, 0.717) is 23.0 Å². The summed E-state index contributed by atoms with van der Waals surface area (Å²) in [7, 11) is 0. The van der Waals surface area contributed by atoms with Crippen LogP contribution in [0, 0.1) is 10.6 Å². The molecule has 3 aromatic rings. The predicted molar refractivity (Wildman–Crippen MR) is 128 cm³/mol. The second kappa shape index (κ2) is 9.94. The molecule has 174 valence electrons. The maximum atomic E-state index is 14.2. The summed E-state index contributed by atoms with van der Waals surface area (Å²) in [6.07, 6.45) is 1.26. The van der Waals surface area contributed by atoms with E-state index in [9.17, 15) is 14.0 Å². The van der Waals surface area contributed by atoms with Crippen molar-refractivity contribution in [3.05, 3.63) is 69.0 Å². The summed E-state index contributed by atoms with van der Waals surface area (Å²) in [5, 5.41) is 3.25. The van der Waals surface area contributed by atoms with E-state index < -0.39 is 11.4 Å². The molecule has 7 nitrogen and oxygen atoms in total. The lowest BCUT2D eigenvalue weighted by Crippen LogP contribution is -2.46. The van der Waals surface area contributed by atoms with Gasteiger partial charge in [-0.2, -0.15) is 0 Å². The molecule has 1 amide bonds. The summed E-state index contributed by atoms with van der Waals surface area (Å²) in [4.78, 5) is 30.9. The molecule has 2 aromatic carbocycles. The van der Waals surface area contributed by atoms with Crippen molar-refractivity contribution in [2.24, 2.45) is 0 Å². The summed E-state index contributed by atoms with van der Waals surface area (Å²) in [5.74, 6) is -0.770. The third-order valence-electron chi connectivity index (χ3n) is 5.69. The molecule has 1 saturated heterocycles. The number of ether oxygens (including phenoxy) is 1. The first-order chi connectivity index (χ1) is 15.8. The molecule has 0 saturated carbocycles. The number of fused-ring (bicyclic) bond motifs is 1. The molecule has 33 heavy (non-hydrogen) atoms. The van der Waals surface area contributed by atoms with Gasteiger partial charge in [0.05, 0.1) is 28.8 Å². The van der Waals surface area contributed by atoms with E-state index in [0.717, 1.165) is 30.6 Å². The minimum absolute atomic E-state index is 0.0594. The van der Waals surface area contributed by atoms with E-state index in [2.05, 4.69) is 29.0 Å². The van der Waals surface area contributed by atoms with Gasteiger partial charge in [0, 0.05) is 31.7 Å². The Labute approximate surface area is 196 Å². The van der Waals surface area contributed by atoms with Crippen molar-refractivity contribution in [3.63, 3.8) is 0 Å². The zero-order valence-corrected chi connectivity index (χ0v) is 19.5. The highest BCUT2D eigenvalue weighted by Crippen LogP contribution is 2.16. The lowest BCUT2D eigenvalue weighted by molar-refractivity contribution is -0.0679. The van der Waals surface area contributed by atoms with Crippen LogP contribution in [0.3, 0.4) is 0 Å². The first-order valence-corrected chi connectivity index (χ1v) is 11.4. The smallest absolute Gasteiger partial charge is 0.266 e. The van der Waals surface area contributed by atoms with Crippen LogP contribution < -0.4 is 10.9 Å². The normalized spacial score (nSPS) is 19.0. The zero-order valence-electron chi connectivity index (χ0n) is 18.6. The summed E-state index contributed by atoms with van der Waals surface area (Å²) in [6.45, 7) is 7.36. The van der Waals surface area contributed by atoms with Gasteiger partial charge in [-0.25, -0.2) is 8.96 Å². The molecule has 4 rings (SSSR count). The third-order valence-corrected chi connectivity index (χ3v) is 5.97. The number of aromatic nitrogens is 2. The van der Waals surface area contributed by atoms with E-state index in [1.165, 1.54) is 12.1 Å². The monoisotopic (exact) mass is 470 g/mol. The maximum absolute atomic E-state index is 14.2. The number of nitrogens with zero attached hydrogens (tertiary/aromatic N) is 2. The lowest BCUT2D eigenvalue weighted by Gasteiger charge is -2.35. The van der Waals surface area contributed by atoms with Gasteiger partial charge in [-0.1, -0.05) is 12.1 Å². The quantitative estimate of drug-likeness (QED) is 0.426. The molecule has 2 heterocycles. The fraction of sp³-hybridized carbons (Fsp3) is 0.375. The molecule has 2 atom stereocenters. The Morgan fingerprint density at radius 2 is 1.94 bits per heavy atom. The van der Waals surface area contributed by atoms with E-state index in [4.69, 9.17) is 17.0 Å². The average molecular weight is 471 g/mol. The lowest BCUT2D eigenvalue weighted by atomic mass is 10.1. The van der Waals surface area contributed by atoms with E-state index in [1.54, 1.807) is 30.3 Å². The third kappa shape index (κ3) is 5.21. The molecule has 1 aromatic heterocycles. The number of nitrogens with one attached hydrogen (secondary N) is 2. The van der Waals surface area contributed by atoms with Crippen molar-refractivity contribution in [2.75, 3.05) is 26.2 Å². The Hall–Kier alpha value is -2.88. The van der Waals surface area contributed by atoms with Crippen molar-refractivity contribution in [1.82, 2.24) is 19.8 Å². The second-order valence-electron chi connectivity index (χ2n) is 8.41. The van der Waals surface area contributed by atoms with Crippen LogP contribution in [-0.4, -0.2) is 58.7 Å².